The zero-order valence-corrected chi connectivity index (χ0v) is 16.6. The molecule has 2 heterocycles. The normalized spacial score (nSPS) is 18.8. The quantitative estimate of drug-likeness (QED) is 0.720. The molecule has 4 rings (SSSR count). The Balaban J connectivity index is 1.48. The van der Waals surface area contributed by atoms with Crippen LogP contribution in [0.25, 0.3) is 0 Å². The topological polar surface area (TPSA) is 78.1 Å². The minimum atomic E-state index is -0.593. The zero-order chi connectivity index (χ0) is 20.4. The molecule has 0 unspecified atom stereocenters. The highest BCUT2D eigenvalue weighted by Gasteiger charge is 2.32. The minimum Gasteiger partial charge on any atom is -0.339 e. The number of H-pyrrole nitrogens is 1. The van der Waals surface area contributed by atoms with Crippen LogP contribution in [0.15, 0.2) is 60.7 Å². The van der Waals surface area contributed by atoms with Gasteiger partial charge in [0, 0.05) is 24.8 Å². The average Bonchev–Trinajstić information content (AvgIpc) is 3.18. The van der Waals surface area contributed by atoms with Crippen molar-refractivity contribution in [2.45, 2.75) is 31.7 Å². The summed E-state index contributed by atoms with van der Waals surface area (Å²) in [6, 6.07) is 19.0. The van der Waals surface area contributed by atoms with E-state index in [1.165, 1.54) is 0 Å². The van der Waals surface area contributed by atoms with E-state index in [9.17, 15) is 9.59 Å². The third-order valence-electron chi connectivity index (χ3n) is 5.45. The first-order chi connectivity index (χ1) is 14.0. The molecule has 0 aliphatic carbocycles. The van der Waals surface area contributed by atoms with Crippen molar-refractivity contribution in [2.24, 2.45) is 0 Å². The maximum atomic E-state index is 12.9. The van der Waals surface area contributed by atoms with E-state index in [0.717, 1.165) is 22.5 Å². The van der Waals surface area contributed by atoms with Crippen LogP contribution >= 0.6 is 0 Å². The van der Waals surface area contributed by atoms with E-state index in [-0.39, 0.29) is 17.7 Å². The van der Waals surface area contributed by atoms with Gasteiger partial charge < -0.3 is 10.2 Å². The number of benzene rings is 2. The van der Waals surface area contributed by atoms with Crippen LogP contribution in [0.2, 0.25) is 0 Å². The molecule has 2 amide bonds. The number of fused-ring (bicyclic) bond motifs is 1. The summed E-state index contributed by atoms with van der Waals surface area (Å²) in [5.74, 6) is -0.307. The molecule has 2 N–H and O–H groups in total. The second-order valence-corrected chi connectivity index (χ2v) is 7.56. The Bertz CT molecular complexity index is 1030. The first-order valence-corrected chi connectivity index (χ1v) is 9.78. The molecule has 1 aliphatic rings. The van der Waals surface area contributed by atoms with Crippen molar-refractivity contribution in [3.8, 4) is 0 Å². The van der Waals surface area contributed by atoms with E-state index in [4.69, 9.17) is 0 Å². The molecule has 0 bridgehead atoms. The Kier molecular flexibility index (Phi) is 5.16. The fourth-order valence-corrected chi connectivity index (χ4v) is 3.88. The van der Waals surface area contributed by atoms with Gasteiger partial charge in [0.25, 0.3) is 5.91 Å². The number of nitrogens with one attached hydrogen (secondary N) is 2. The lowest BCUT2D eigenvalue weighted by Crippen LogP contribution is -2.47. The van der Waals surface area contributed by atoms with Gasteiger partial charge in [0.1, 0.15) is 11.7 Å². The van der Waals surface area contributed by atoms with Gasteiger partial charge in [0.05, 0.1) is 0 Å². The van der Waals surface area contributed by atoms with Crippen molar-refractivity contribution < 1.29 is 9.59 Å². The van der Waals surface area contributed by atoms with Crippen LogP contribution < -0.4 is 10.2 Å². The van der Waals surface area contributed by atoms with E-state index in [0.29, 0.717) is 18.5 Å². The fourth-order valence-electron chi connectivity index (χ4n) is 3.88. The standard InChI is InChI=1S/C23H24N4O2/c1-15-12-20(23(29)27(2)21-11-7-6-10-18(15)21)24-22(28)19-14-17(25-26-19)13-16-8-4-3-5-9-16/h3-11,14-15,20H,12-13H2,1-2H3,(H,24,28)(H,25,26)/t15-,20-/m0/s1. The smallest absolute Gasteiger partial charge is 0.272 e. The number of hydrogen-bond donors (Lipinski definition) is 2. The van der Waals surface area contributed by atoms with Crippen molar-refractivity contribution in [1.82, 2.24) is 15.5 Å². The molecule has 6 heteroatoms. The van der Waals surface area contributed by atoms with Crippen LogP contribution in [0.3, 0.4) is 0 Å². The average molecular weight is 388 g/mol. The SMILES string of the molecule is C[C@H]1C[C@H](NC(=O)c2cc(Cc3ccccc3)[nH]n2)C(=O)N(C)c2ccccc21. The first-order valence-electron chi connectivity index (χ1n) is 9.78. The number of anilines is 1. The van der Waals surface area contributed by atoms with Crippen molar-refractivity contribution in [3.63, 3.8) is 0 Å². The Morgan fingerprint density at radius 1 is 1.17 bits per heavy atom. The number of likely N-dealkylation sites (N-methyl/N-ethyl adjacent to an activating group) is 1. The largest absolute Gasteiger partial charge is 0.339 e. The Morgan fingerprint density at radius 3 is 2.69 bits per heavy atom. The molecule has 0 saturated carbocycles. The van der Waals surface area contributed by atoms with Crippen molar-refractivity contribution in [2.75, 3.05) is 11.9 Å². The Labute approximate surface area is 169 Å². The van der Waals surface area contributed by atoms with E-state index in [2.05, 4.69) is 22.4 Å². The summed E-state index contributed by atoms with van der Waals surface area (Å²) in [5, 5.41) is 9.95. The number of carbonyl (C=O) groups is 2. The lowest BCUT2D eigenvalue weighted by molar-refractivity contribution is -0.120. The highest BCUT2D eigenvalue weighted by atomic mass is 16.2. The molecule has 0 saturated heterocycles. The van der Waals surface area contributed by atoms with Crippen molar-refractivity contribution >= 4 is 17.5 Å². The maximum absolute atomic E-state index is 12.9. The second kappa shape index (κ2) is 7.91. The fraction of sp³-hybridized carbons (Fsp3) is 0.261. The lowest BCUT2D eigenvalue weighted by Gasteiger charge is -2.21. The highest BCUT2D eigenvalue weighted by molar-refractivity contribution is 6.02. The third kappa shape index (κ3) is 3.92. The molecule has 0 spiro atoms. The van der Waals surface area contributed by atoms with Crippen LogP contribution in [-0.4, -0.2) is 35.1 Å². The molecule has 1 aromatic heterocycles. The molecule has 2 aromatic carbocycles. The summed E-state index contributed by atoms with van der Waals surface area (Å²) in [6.07, 6.45) is 1.21. The maximum Gasteiger partial charge on any atom is 0.272 e. The predicted molar refractivity (Wildman–Crippen MR) is 112 cm³/mol. The first kappa shape index (κ1) is 18.9. The molecule has 148 valence electrons. The Hall–Kier alpha value is -3.41. The van der Waals surface area contributed by atoms with Crippen LogP contribution in [0.1, 0.15) is 46.6 Å². The van der Waals surface area contributed by atoms with Gasteiger partial charge in [-0.05, 0) is 35.6 Å². The molecule has 29 heavy (non-hydrogen) atoms. The molecule has 2 atom stereocenters. The molecular weight excluding hydrogens is 364 g/mol. The van der Waals surface area contributed by atoms with Gasteiger partial charge in [-0.1, -0.05) is 55.5 Å². The highest BCUT2D eigenvalue weighted by Crippen LogP contribution is 2.33. The molecule has 3 aromatic rings. The summed E-state index contributed by atoms with van der Waals surface area (Å²) >= 11 is 0. The van der Waals surface area contributed by atoms with Gasteiger partial charge in [-0.25, -0.2) is 0 Å². The number of para-hydroxylation sites is 1. The summed E-state index contributed by atoms with van der Waals surface area (Å²) in [6.45, 7) is 2.08. The molecule has 0 fully saturated rings. The lowest BCUT2D eigenvalue weighted by atomic mass is 9.94. The predicted octanol–water partition coefficient (Wildman–Crippen LogP) is 3.27. The Morgan fingerprint density at radius 2 is 1.90 bits per heavy atom. The molecule has 1 aliphatic heterocycles. The number of amides is 2. The number of rotatable bonds is 4. The van der Waals surface area contributed by atoms with Gasteiger partial charge in [0.2, 0.25) is 5.91 Å². The molecular formula is C23H24N4O2. The van der Waals surface area contributed by atoms with Crippen molar-refractivity contribution in [3.05, 3.63) is 83.2 Å². The number of nitrogens with zero attached hydrogens (tertiary/aromatic N) is 2. The number of aromatic amines is 1. The van der Waals surface area contributed by atoms with E-state index in [1.807, 2.05) is 54.6 Å². The van der Waals surface area contributed by atoms with E-state index < -0.39 is 6.04 Å². The summed E-state index contributed by atoms with van der Waals surface area (Å²) in [4.78, 5) is 27.3. The van der Waals surface area contributed by atoms with E-state index in [1.54, 1.807) is 18.0 Å². The van der Waals surface area contributed by atoms with Crippen LogP contribution in [0.4, 0.5) is 5.69 Å². The third-order valence-corrected chi connectivity index (χ3v) is 5.45. The van der Waals surface area contributed by atoms with Gasteiger partial charge in [-0.3, -0.25) is 14.7 Å². The minimum absolute atomic E-state index is 0.116. The van der Waals surface area contributed by atoms with Gasteiger partial charge in [-0.2, -0.15) is 5.10 Å². The molecule has 6 nitrogen and oxygen atoms in total. The summed E-state index contributed by atoms with van der Waals surface area (Å²) < 4.78 is 0. The van der Waals surface area contributed by atoms with Gasteiger partial charge in [-0.15, -0.1) is 0 Å². The zero-order valence-electron chi connectivity index (χ0n) is 16.6. The summed E-state index contributed by atoms with van der Waals surface area (Å²) in [7, 11) is 1.75. The second-order valence-electron chi connectivity index (χ2n) is 7.56. The number of carbonyl (C=O) groups excluding carboxylic acids is 2. The van der Waals surface area contributed by atoms with Crippen molar-refractivity contribution in [1.29, 1.82) is 0 Å². The molecule has 0 radical (unpaired) electrons. The van der Waals surface area contributed by atoms with Crippen LogP contribution in [0.5, 0.6) is 0 Å². The van der Waals surface area contributed by atoms with Crippen LogP contribution in [0, 0.1) is 0 Å². The monoisotopic (exact) mass is 388 g/mol. The summed E-state index contributed by atoms with van der Waals surface area (Å²) in [5.41, 5.74) is 4.29. The van der Waals surface area contributed by atoms with E-state index >= 15 is 0 Å². The van der Waals surface area contributed by atoms with Gasteiger partial charge >= 0.3 is 0 Å². The number of hydrogen-bond acceptors (Lipinski definition) is 3. The number of aromatic nitrogens is 2. The van der Waals surface area contributed by atoms with Crippen LogP contribution in [-0.2, 0) is 11.2 Å². The van der Waals surface area contributed by atoms with Gasteiger partial charge in [0.15, 0.2) is 0 Å².